The molecule has 1 N–H and O–H groups in total. The molecule has 0 saturated heterocycles. The number of rotatable bonds is 11. The SMILES string of the molecule is CCCc1ccc(OCCNC(=O)CN(c2ccccc2)S(=O)(=O)N(C)C)cc1. The van der Waals surface area contributed by atoms with Crippen LogP contribution in [0.5, 0.6) is 5.75 Å². The molecule has 0 atom stereocenters. The summed E-state index contributed by atoms with van der Waals surface area (Å²) < 4.78 is 33.0. The Labute approximate surface area is 173 Å². The first-order valence-electron chi connectivity index (χ1n) is 9.58. The lowest BCUT2D eigenvalue weighted by Crippen LogP contribution is -2.46. The van der Waals surface area contributed by atoms with Gasteiger partial charge in [-0.1, -0.05) is 43.7 Å². The third-order valence-electron chi connectivity index (χ3n) is 4.23. The number of nitrogens with one attached hydrogen (secondary N) is 1. The highest BCUT2D eigenvalue weighted by molar-refractivity contribution is 7.90. The van der Waals surface area contributed by atoms with E-state index in [0.29, 0.717) is 12.3 Å². The molecule has 0 fully saturated rings. The second-order valence-electron chi connectivity index (χ2n) is 6.72. The van der Waals surface area contributed by atoms with Crippen LogP contribution < -0.4 is 14.4 Å². The molecule has 2 aromatic carbocycles. The Hall–Kier alpha value is -2.58. The summed E-state index contributed by atoms with van der Waals surface area (Å²) in [5.41, 5.74) is 1.69. The molecular formula is C21H29N3O4S. The number of carbonyl (C=O) groups excluding carboxylic acids is 1. The zero-order chi connectivity index (χ0) is 21.3. The lowest BCUT2D eigenvalue weighted by atomic mass is 10.1. The molecular weight excluding hydrogens is 390 g/mol. The van der Waals surface area contributed by atoms with Crippen molar-refractivity contribution >= 4 is 21.8 Å². The van der Waals surface area contributed by atoms with Crippen LogP contribution in [0, 0.1) is 0 Å². The number of aryl methyl sites for hydroxylation is 1. The van der Waals surface area contributed by atoms with Gasteiger partial charge in [0.1, 0.15) is 18.9 Å². The molecule has 0 aliphatic heterocycles. The third-order valence-corrected chi connectivity index (χ3v) is 6.05. The van der Waals surface area contributed by atoms with Crippen molar-refractivity contribution in [2.24, 2.45) is 0 Å². The predicted molar refractivity (Wildman–Crippen MR) is 115 cm³/mol. The molecule has 7 nitrogen and oxygen atoms in total. The normalized spacial score (nSPS) is 11.3. The average Bonchev–Trinajstić information content (AvgIpc) is 2.71. The standard InChI is InChI=1S/C21H29N3O4S/c1-4-8-18-11-13-20(14-12-18)28-16-15-22-21(25)17-24(29(26,27)23(2)3)19-9-6-5-7-10-19/h5-7,9-14H,4,8,15-17H2,1-3H3,(H,22,25). The summed E-state index contributed by atoms with van der Waals surface area (Å²) in [5.74, 6) is 0.335. The van der Waals surface area contributed by atoms with Crippen LogP contribution in [0.1, 0.15) is 18.9 Å². The van der Waals surface area contributed by atoms with Gasteiger partial charge in [-0.3, -0.25) is 4.79 Å². The van der Waals surface area contributed by atoms with Gasteiger partial charge in [0.25, 0.3) is 0 Å². The zero-order valence-electron chi connectivity index (χ0n) is 17.2. The summed E-state index contributed by atoms with van der Waals surface area (Å²) in [7, 11) is -0.928. The van der Waals surface area contributed by atoms with Gasteiger partial charge in [-0.25, -0.2) is 4.31 Å². The van der Waals surface area contributed by atoms with E-state index < -0.39 is 16.1 Å². The molecule has 0 radical (unpaired) electrons. The number of benzene rings is 2. The quantitative estimate of drug-likeness (QED) is 0.568. The van der Waals surface area contributed by atoms with Crippen LogP contribution in [0.25, 0.3) is 0 Å². The van der Waals surface area contributed by atoms with E-state index in [9.17, 15) is 13.2 Å². The largest absolute Gasteiger partial charge is 0.492 e. The first kappa shape index (κ1) is 22.7. The molecule has 29 heavy (non-hydrogen) atoms. The monoisotopic (exact) mass is 419 g/mol. The molecule has 0 saturated carbocycles. The van der Waals surface area contributed by atoms with Crippen LogP contribution in [-0.2, 0) is 21.4 Å². The second kappa shape index (κ2) is 10.8. The molecule has 158 valence electrons. The Morgan fingerprint density at radius 2 is 1.69 bits per heavy atom. The molecule has 2 aromatic rings. The van der Waals surface area contributed by atoms with Gasteiger partial charge in [0, 0.05) is 14.1 Å². The maximum atomic E-state index is 12.6. The van der Waals surface area contributed by atoms with E-state index in [0.717, 1.165) is 27.2 Å². The van der Waals surface area contributed by atoms with Crippen molar-refractivity contribution < 1.29 is 17.9 Å². The molecule has 0 bridgehead atoms. The van der Waals surface area contributed by atoms with Crippen LogP contribution in [0.2, 0.25) is 0 Å². The molecule has 1 amide bonds. The first-order chi connectivity index (χ1) is 13.8. The summed E-state index contributed by atoms with van der Waals surface area (Å²) in [6.45, 7) is 2.40. The van der Waals surface area contributed by atoms with E-state index in [-0.39, 0.29) is 13.1 Å². The van der Waals surface area contributed by atoms with Crippen molar-refractivity contribution in [3.8, 4) is 5.75 Å². The van der Waals surface area contributed by atoms with Crippen LogP contribution in [0.4, 0.5) is 5.69 Å². The van der Waals surface area contributed by atoms with Crippen molar-refractivity contribution in [1.82, 2.24) is 9.62 Å². The average molecular weight is 420 g/mol. The summed E-state index contributed by atoms with van der Waals surface area (Å²) in [5, 5.41) is 2.71. The van der Waals surface area contributed by atoms with Gasteiger partial charge in [0.2, 0.25) is 5.91 Å². The number of hydrogen-bond donors (Lipinski definition) is 1. The highest BCUT2D eigenvalue weighted by atomic mass is 32.2. The second-order valence-corrected chi connectivity index (χ2v) is 8.79. The van der Waals surface area contributed by atoms with Gasteiger partial charge in [-0.15, -0.1) is 0 Å². The maximum absolute atomic E-state index is 12.6. The van der Waals surface area contributed by atoms with Gasteiger partial charge < -0.3 is 10.1 Å². The maximum Gasteiger partial charge on any atom is 0.304 e. The van der Waals surface area contributed by atoms with Crippen molar-refractivity contribution in [3.63, 3.8) is 0 Å². The number of ether oxygens (including phenoxy) is 1. The number of amides is 1. The van der Waals surface area contributed by atoms with Crippen molar-refractivity contribution in [1.29, 1.82) is 0 Å². The molecule has 0 aliphatic carbocycles. The fraction of sp³-hybridized carbons (Fsp3) is 0.381. The van der Waals surface area contributed by atoms with Crippen LogP contribution in [0.15, 0.2) is 54.6 Å². The van der Waals surface area contributed by atoms with Crippen LogP contribution in [0.3, 0.4) is 0 Å². The van der Waals surface area contributed by atoms with Crippen LogP contribution >= 0.6 is 0 Å². The van der Waals surface area contributed by atoms with E-state index in [1.807, 2.05) is 24.3 Å². The summed E-state index contributed by atoms with van der Waals surface area (Å²) in [6, 6.07) is 16.4. The Kier molecular flexibility index (Phi) is 8.48. The van der Waals surface area contributed by atoms with Crippen LogP contribution in [-0.4, -0.2) is 52.4 Å². The minimum atomic E-state index is -3.80. The molecule has 8 heteroatoms. The Morgan fingerprint density at radius 1 is 1.03 bits per heavy atom. The van der Waals surface area contributed by atoms with E-state index in [1.54, 1.807) is 30.3 Å². The van der Waals surface area contributed by atoms with E-state index in [2.05, 4.69) is 12.2 Å². The number of nitrogens with zero attached hydrogens (tertiary/aromatic N) is 2. The Morgan fingerprint density at radius 3 is 2.28 bits per heavy atom. The fourth-order valence-corrected chi connectivity index (χ4v) is 3.75. The minimum absolute atomic E-state index is 0.278. The van der Waals surface area contributed by atoms with Gasteiger partial charge >= 0.3 is 10.2 Å². The van der Waals surface area contributed by atoms with Crippen molar-refractivity contribution in [3.05, 3.63) is 60.2 Å². The summed E-state index contributed by atoms with van der Waals surface area (Å²) in [6.07, 6.45) is 2.12. The first-order valence-corrected chi connectivity index (χ1v) is 11.0. The number of para-hydroxylation sites is 1. The summed E-state index contributed by atoms with van der Waals surface area (Å²) in [4.78, 5) is 12.3. The van der Waals surface area contributed by atoms with E-state index in [1.165, 1.54) is 19.7 Å². The van der Waals surface area contributed by atoms with Gasteiger partial charge in [0.05, 0.1) is 12.2 Å². The fourth-order valence-electron chi connectivity index (χ4n) is 2.68. The molecule has 0 aliphatic rings. The molecule has 2 rings (SSSR count). The topological polar surface area (TPSA) is 79.0 Å². The Balaban J connectivity index is 1.88. The third kappa shape index (κ3) is 6.76. The predicted octanol–water partition coefficient (Wildman–Crippen LogP) is 2.45. The number of carbonyl (C=O) groups is 1. The van der Waals surface area contributed by atoms with Gasteiger partial charge in [-0.05, 0) is 36.2 Å². The minimum Gasteiger partial charge on any atom is -0.492 e. The molecule has 0 aromatic heterocycles. The lowest BCUT2D eigenvalue weighted by Gasteiger charge is -2.26. The van der Waals surface area contributed by atoms with Gasteiger partial charge in [0.15, 0.2) is 0 Å². The van der Waals surface area contributed by atoms with E-state index >= 15 is 0 Å². The highest BCUT2D eigenvalue weighted by Gasteiger charge is 2.26. The van der Waals surface area contributed by atoms with E-state index in [4.69, 9.17) is 4.74 Å². The zero-order valence-corrected chi connectivity index (χ0v) is 18.0. The molecule has 0 spiro atoms. The number of hydrogen-bond acceptors (Lipinski definition) is 4. The Bertz CT molecular complexity index is 869. The highest BCUT2D eigenvalue weighted by Crippen LogP contribution is 2.18. The smallest absolute Gasteiger partial charge is 0.304 e. The van der Waals surface area contributed by atoms with Crippen molar-refractivity contribution in [2.75, 3.05) is 38.1 Å². The number of anilines is 1. The van der Waals surface area contributed by atoms with Gasteiger partial charge in [-0.2, -0.15) is 12.7 Å². The lowest BCUT2D eigenvalue weighted by molar-refractivity contribution is -0.119. The molecule has 0 unspecified atom stereocenters. The molecule has 0 heterocycles. The summed E-state index contributed by atoms with van der Waals surface area (Å²) >= 11 is 0. The van der Waals surface area contributed by atoms with Crippen molar-refractivity contribution in [2.45, 2.75) is 19.8 Å².